The van der Waals surface area contributed by atoms with Crippen LogP contribution in [0.1, 0.15) is 43.4 Å². The van der Waals surface area contributed by atoms with Crippen molar-refractivity contribution in [3.8, 4) is 5.75 Å². The van der Waals surface area contributed by atoms with Crippen molar-refractivity contribution in [2.75, 3.05) is 18.1 Å². The molecule has 2 saturated heterocycles. The molecule has 0 aromatic heterocycles. The van der Waals surface area contributed by atoms with Gasteiger partial charge in [-0.3, -0.25) is 0 Å². The highest BCUT2D eigenvalue weighted by Crippen LogP contribution is 2.39. The van der Waals surface area contributed by atoms with Gasteiger partial charge in [-0.05, 0) is 49.3 Å². The fraction of sp³-hybridized carbons (Fsp3) is 0.647. The predicted octanol–water partition coefficient (Wildman–Crippen LogP) is 3.48. The molecule has 1 N–H and O–H groups in total. The number of ether oxygens (including phenoxy) is 2. The fourth-order valence-electron chi connectivity index (χ4n) is 3.19. The zero-order valence-electron chi connectivity index (χ0n) is 12.8. The summed E-state index contributed by atoms with van der Waals surface area (Å²) in [5.41, 5.74) is 2.09. The van der Waals surface area contributed by atoms with E-state index < -0.39 is 6.10 Å². The quantitative estimate of drug-likeness (QED) is 0.928. The second-order valence-electron chi connectivity index (χ2n) is 6.27. The van der Waals surface area contributed by atoms with E-state index in [9.17, 15) is 5.11 Å². The molecule has 2 fully saturated rings. The minimum atomic E-state index is -0.431. The van der Waals surface area contributed by atoms with E-state index in [0.717, 1.165) is 48.5 Å². The van der Waals surface area contributed by atoms with Crippen molar-refractivity contribution in [1.29, 1.82) is 0 Å². The molecule has 2 heterocycles. The molecule has 2 aliphatic rings. The van der Waals surface area contributed by atoms with Gasteiger partial charge in [0.25, 0.3) is 0 Å². The van der Waals surface area contributed by atoms with E-state index in [-0.39, 0.29) is 11.7 Å². The van der Waals surface area contributed by atoms with Crippen LogP contribution in [-0.4, -0.2) is 34.9 Å². The summed E-state index contributed by atoms with van der Waals surface area (Å²) in [4.78, 5) is 0. The molecule has 4 heteroatoms. The Hall–Kier alpha value is -0.710. The number of aliphatic hydroxyl groups excluding tert-OH is 1. The number of thioether (sulfide) groups is 1. The molecule has 0 radical (unpaired) electrons. The highest BCUT2D eigenvalue weighted by molar-refractivity contribution is 7.99. The standard InChI is InChI=1S/C17H24O3S/c1-12-9-14(13(2)18)3-4-16(12)20-15-5-7-19-17(10-15)6-8-21-11-17/h3-4,9,13,15,18H,5-8,10-11H2,1-2H3/t13-,15?,17?/m0/s1. The van der Waals surface area contributed by atoms with Gasteiger partial charge in [0.1, 0.15) is 11.9 Å². The lowest BCUT2D eigenvalue weighted by Crippen LogP contribution is -2.43. The maximum absolute atomic E-state index is 9.64. The molecule has 0 aliphatic carbocycles. The normalized spacial score (nSPS) is 30.5. The van der Waals surface area contributed by atoms with Crippen LogP contribution in [0.15, 0.2) is 18.2 Å². The third-order valence-electron chi connectivity index (χ3n) is 4.49. The smallest absolute Gasteiger partial charge is 0.122 e. The molecule has 2 aliphatic heterocycles. The van der Waals surface area contributed by atoms with Crippen LogP contribution < -0.4 is 4.74 Å². The van der Waals surface area contributed by atoms with Gasteiger partial charge in [0.2, 0.25) is 0 Å². The number of benzene rings is 1. The second kappa shape index (κ2) is 6.19. The van der Waals surface area contributed by atoms with Gasteiger partial charge in [-0.15, -0.1) is 0 Å². The first kappa shape index (κ1) is 15.2. The minimum absolute atomic E-state index is 0.0566. The van der Waals surface area contributed by atoms with Crippen molar-refractivity contribution in [2.45, 2.75) is 50.9 Å². The molecule has 1 aromatic carbocycles. The molecule has 0 bridgehead atoms. The predicted molar refractivity (Wildman–Crippen MR) is 86.1 cm³/mol. The van der Waals surface area contributed by atoms with Crippen LogP contribution in [0, 0.1) is 6.92 Å². The molecule has 21 heavy (non-hydrogen) atoms. The zero-order valence-corrected chi connectivity index (χ0v) is 13.6. The Labute approximate surface area is 131 Å². The molecular formula is C17H24O3S. The number of aliphatic hydroxyl groups is 1. The Balaban J connectivity index is 1.68. The SMILES string of the molecule is Cc1cc([C@H](C)O)ccc1OC1CCOC2(CCSC2)C1. The highest BCUT2D eigenvalue weighted by Gasteiger charge is 2.41. The van der Waals surface area contributed by atoms with E-state index in [1.165, 1.54) is 5.75 Å². The first-order valence-corrected chi connectivity index (χ1v) is 8.90. The molecule has 116 valence electrons. The first-order valence-electron chi connectivity index (χ1n) is 7.75. The van der Waals surface area contributed by atoms with Crippen molar-refractivity contribution in [1.82, 2.24) is 0 Å². The highest BCUT2D eigenvalue weighted by atomic mass is 32.2. The molecule has 3 atom stereocenters. The number of rotatable bonds is 3. The number of aryl methyl sites for hydroxylation is 1. The molecule has 3 rings (SSSR count). The van der Waals surface area contributed by atoms with Gasteiger partial charge >= 0.3 is 0 Å². The topological polar surface area (TPSA) is 38.7 Å². The average Bonchev–Trinajstić information content (AvgIpc) is 2.89. The fourth-order valence-corrected chi connectivity index (χ4v) is 4.57. The van der Waals surface area contributed by atoms with Crippen LogP contribution in [0.2, 0.25) is 0 Å². The van der Waals surface area contributed by atoms with Crippen LogP contribution in [0.3, 0.4) is 0 Å². The molecule has 0 amide bonds. The third-order valence-corrected chi connectivity index (χ3v) is 5.71. The average molecular weight is 308 g/mol. The summed E-state index contributed by atoms with van der Waals surface area (Å²) in [6, 6.07) is 5.96. The Morgan fingerprint density at radius 2 is 2.33 bits per heavy atom. The van der Waals surface area contributed by atoms with E-state index in [1.807, 2.05) is 36.9 Å². The molecule has 3 nitrogen and oxygen atoms in total. The van der Waals surface area contributed by atoms with E-state index in [4.69, 9.17) is 9.47 Å². The Bertz CT molecular complexity index is 495. The third kappa shape index (κ3) is 3.38. The lowest BCUT2D eigenvalue weighted by atomic mass is 9.91. The number of hydrogen-bond acceptors (Lipinski definition) is 4. The van der Waals surface area contributed by atoms with Crippen LogP contribution >= 0.6 is 11.8 Å². The van der Waals surface area contributed by atoms with Gasteiger partial charge < -0.3 is 14.6 Å². The van der Waals surface area contributed by atoms with Gasteiger partial charge in [-0.2, -0.15) is 11.8 Å². The van der Waals surface area contributed by atoms with Crippen LogP contribution in [0.5, 0.6) is 5.75 Å². The lowest BCUT2D eigenvalue weighted by molar-refractivity contribution is -0.0959. The van der Waals surface area contributed by atoms with Gasteiger partial charge in [0, 0.05) is 18.6 Å². The van der Waals surface area contributed by atoms with Gasteiger partial charge in [-0.25, -0.2) is 0 Å². The summed E-state index contributed by atoms with van der Waals surface area (Å²) in [6.45, 7) is 4.63. The van der Waals surface area contributed by atoms with Crippen LogP contribution in [-0.2, 0) is 4.74 Å². The second-order valence-corrected chi connectivity index (χ2v) is 7.37. The Kier molecular flexibility index (Phi) is 4.48. The monoisotopic (exact) mass is 308 g/mol. The maximum atomic E-state index is 9.64. The van der Waals surface area contributed by atoms with Gasteiger partial charge in [0.15, 0.2) is 0 Å². The summed E-state index contributed by atoms with van der Waals surface area (Å²) >= 11 is 1.99. The maximum Gasteiger partial charge on any atom is 0.122 e. The van der Waals surface area contributed by atoms with E-state index in [2.05, 4.69) is 0 Å². The van der Waals surface area contributed by atoms with Gasteiger partial charge in [-0.1, -0.05) is 6.07 Å². The Morgan fingerprint density at radius 1 is 1.48 bits per heavy atom. The molecule has 2 unspecified atom stereocenters. The summed E-state index contributed by atoms with van der Waals surface area (Å²) in [7, 11) is 0. The van der Waals surface area contributed by atoms with Crippen molar-refractivity contribution < 1.29 is 14.6 Å². The molecule has 1 aromatic rings. The van der Waals surface area contributed by atoms with E-state index in [1.54, 1.807) is 6.92 Å². The van der Waals surface area contributed by atoms with Crippen LogP contribution in [0.4, 0.5) is 0 Å². The molecule has 0 saturated carbocycles. The lowest BCUT2D eigenvalue weighted by Gasteiger charge is -2.37. The summed E-state index contributed by atoms with van der Waals surface area (Å²) in [5, 5.41) is 9.64. The van der Waals surface area contributed by atoms with Crippen molar-refractivity contribution in [3.05, 3.63) is 29.3 Å². The number of hydrogen-bond donors (Lipinski definition) is 1. The first-order chi connectivity index (χ1) is 10.1. The van der Waals surface area contributed by atoms with Crippen molar-refractivity contribution >= 4 is 11.8 Å². The Morgan fingerprint density at radius 3 is 3.00 bits per heavy atom. The van der Waals surface area contributed by atoms with Crippen LogP contribution in [0.25, 0.3) is 0 Å². The van der Waals surface area contributed by atoms with Crippen molar-refractivity contribution in [3.63, 3.8) is 0 Å². The summed E-state index contributed by atoms with van der Waals surface area (Å²) in [5.74, 6) is 3.24. The van der Waals surface area contributed by atoms with Gasteiger partial charge in [0.05, 0.1) is 18.3 Å². The molecule has 1 spiro atoms. The molecular weight excluding hydrogens is 284 g/mol. The zero-order chi connectivity index (χ0) is 14.9. The summed E-state index contributed by atoms with van der Waals surface area (Å²) in [6.07, 6.45) is 2.92. The van der Waals surface area contributed by atoms with E-state index >= 15 is 0 Å². The van der Waals surface area contributed by atoms with Crippen molar-refractivity contribution in [2.24, 2.45) is 0 Å². The van der Waals surface area contributed by atoms with E-state index in [0.29, 0.717) is 0 Å². The summed E-state index contributed by atoms with van der Waals surface area (Å²) < 4.78 is 12.3. The largest absolute Gasteiger partial charge is 0.490 e. The minimum Gasteiger partial charge on any atom is -0.490 e.